The van der Waals surface area contributed by atoms with Crippen LogP contribution in [0.3, 0.4) is 0 Å². The average molecular weight is 804 g/mol. The van der Waals surface area contributed by atoms with Gasteiger partial charge in [0.05, 0.1) is 5.41 Å². The van der Waals surface area contributed by atoms with Gasteiger partial charge in [0.15, 0.2) is 29.0 Å². The molecule has 0 saturated heterocycles. The molecule has 0 saturated carbocycles. The zero-order valence-electron chi connectivity index (χ0n) is 33.6. The summed E-state index contributed by atoms with van der Waals surface area (Å²) in [6, 6.07) is 17.8. The zero-order chi connectivity index (χ0) is 41.2. The van der Waals surface area contributed by atoms with Crippen molar-refractivity contribution in [3.05, 3.63) is 151 Å². The SMILES string of the molecule is CC1(C2=NCCC=N2)CC=C(c2nnc(-c3ccc(C4=NC=CCN4)c(C4(C)N=CC=CN4)c3-c3ncccn3)n2-c2ccccc2)C(c2ncccn2)=C1C1N=CC=CN1. The van der Waals surface area contributed by atoms with Gasteiger partial charge >= 0.3 is 0 Å². The molecule has 15 nitrogen and oxygen atoms in total. The summed E-state index contributed by atoms with van der Waals surface area (Å²) in [5.74, 6) is 3.62. The van der Waals surface area contributed by atoms with Gasteiger partial charge in [-0.15, -0.1) is 10.2 Å². The molecular formula is C46H41N15. The number of allylic oxidation sites excluding steroid dienone is 5. The lowest BCUT2D eigenvalue weighted by molar-refractivity contribution is 0.440. The highest BCUT2D eigenvalue weighted by Crippen LogP contribution is 2.50. The normalized spacial score (nSPS) is 22.9. The second kappa shape index (κ2) is 15.7. The van der Waals surface area contributed by atoms with E-state index >= 15 is 0 Å². The Kier molecular flexibility index (Phi) is 9.67. The monoisotopic (exact) mass is 803 g/mol. The van der Waals surface area contributed by atoms with Crippen molar-refractivity contribution in [2.45, 2.75) is 38.5 Å². The van der Waals surface area contributed by atoms with Crippen molar-refractivity contribution in [1.82, 2.24) is 50.7 Å². The van der Waals surface area contributed by atoms with E-state index in [1.165, 1.54) is 0 Å². The Labute approximate surface area is 352 Å². The van der Waals surface area contributed by atoms with E-state index in [9.17, 15) is 0 Å². The Bertz CT molecular complexity index is 2810. The van der Waals surface area contributed by atoms with E-state index in [1.54, 1.807) is 31.0 Å². The average Bonchev–Trinajstić information content (AvgIpc) is 3.78. The van der Waals surface area contributed by atoms with Crippen LogP contribution in [0.2, 0.25) is 0 Å². The summed E-state index contributed by atoms with van der Waals surface area (Å²) in [7, 11) is 0. The van der Waals surface area contributed by atoms with Crippen molar-refractivity contribution in [3.8, 4) is 28.5 Å². The Morgan fingerprint density at radius 1 is 0.803 bits per heavy atom. The van der Waals surface area contributed by atoms with Gasteiger partial charge in [0.25, 0.3) is 0 Å². The van der Waals surface area contributed by atoms with Crippen LogP contribution in [0.1, 0.15) is 49.5 Å². The van der Waals surface area contributed by atoms with E-state index in [1.807, 2.05) is 92.6 Å². The zero-order valence-corrected chi connectivity index (χ0v) is 33.6. The van der Waals surface area contributed by atoms with Crippen molar-refractivity contribution in [3.63, 3.8) is 0 Å². The predicted octanol–water partition coefficient (Wildman–Crippen LogP) is 6.04. The van der Waals surface area contributed by atoms with Crippen molar-refractivity contribution < 1.29 is 0 Å². The van der Waals surface area contributed by atoms with Crippen LogP contribution in [0.15, 0.2) is 153 Å². The molecule has 61 heavy (non-hydrogen) atoms. The highest BCUT2D eigenvalue weighted by molar-refractivity contribution is 6.10. The number of aromatic nitrogens is 7. The van der Waals surface area contributed by atoms with E-state index in [0.29, 0.717) is 48.6 Å². The van der Waals surface area contributed by atoms with Gasteiger partial charge < -0.3 is 16.0 Å². The van der Waals surface area contributed by atoms with Crippen molar-refractivity contribution in [2.24, 2.45) is 30.4 Å². The van der Waals surface area contributed by atoms with Gasteiger partial charge in [-0.05, 0) is 80.6 Å². The fraction of sp³-hybridized carbons (Fsp3) is 0.196. The molecule has 5 aliphatic rings. The quantitative estimate of drug-likeness (QED) is 0.160. The molecule has 3 N–H and O–H groups in total. The van der Waals surface area contributed by atoms with Crippen molar-refractivity contribution >= 4 is 41.5 Å². The minimum atomic E-state index is -0.946. The number of amidine groups is 2. The third-order valence-electron chi connectivity index (χ3n) is 11.3. The molecule has 3 atom stereocenters. The Morgan fingerprint density at radius 3 is 2.28 bits per heavy atom. The third-order valence-corrected chi connectivity index (χ3v) is 11.3. The van der Waals surface area contributed by atoms with Crippen LogP contribution in [0, 0.1) is 5.41 Å². The molecular weight excluding hydrogens is 763 g/mol. The minimum Gasteiger partial charge on any atom is -0.366 e. The molecule has 300 valence electrons. The molecule has 5 aromatic rings. The summed E-state index contributed by atoms with van der Waals surface area (Å²) in [6.45, 7) is 5.50. The Hall–Kier alpha value is -7.81. The molecule has 0 radical (unpaired) electrons. The van der Waals surface area contributed by atoms with Crippen LogP contribution in [0.5, 0.6) is 0 Å². The summed E-state index contributed by atoms with van der Waals surface area (Å²) in [4.78, 5) is 44.1. The lowest BCUT2D eigenvalue weighted by Crippen LogP contribution is -2.42. The molecule has 0 amide bonds. The van der Waals surface area contributed by atoms with Gasteiger partial charge in [0.2, 0.25) is 0 Å². The number of aliphatic imine (C=N–C) groups is 5. The summed E-state index contributed by atoms with van der Waals surface area (Å²) >= 11 is 0. The number of nitrogens with zero attached hydrogens (tertiary/aromatic N) is 12. The molecule has 4 aliphatic heterocycles. The van der Waals surface area contributed by atoms with E-state index in [0.717, 1.165) is 56.9 Å². The summed E-state index contributed by atoms with van der Waals surface area (Å²) < 4.78 is 2.09. The first kappa shape index (κ1) is 37.5. The fourth-order valence-electron chi connectivity index (χ4n) is 8.50. The lowest BCUT2D eigenvalue weighted by Gasteiger charge is -2.40. The maximum atomic E-state index is 5.09. The number of nitrogens with one attached hydrogen (secondary N) is 3. The second-order valence-corrected chi connectivity index (χ2v) is 15.1. The van der Waals surface area contributed by atoms with Crippen molar-refractivity contribution in [1.29, 1.82) is 0 Å². The number of hydrogen-bond acceptors (Lipinski definition) is 14. The Morgan fingerprint density at radius 2 is 1.57 bits per heavy atom. The summed E-state index contributed by atoms with van der Waals surface area (Å²) in [5.41, 5.74) is 4.86. The van der Waals surface area contributed by atoms with Gasteiger partial charge in [-0.25, -0.2) is 29.9 Å². The van der Waals surface area contributed by atoms with Crippen LogP contribution in [-0.2, 0) is 5.66 Å². The molecule has 7 heterocycles. The molecule has 3 aromatic heterocycles. The first-order chi connectivity index (χ1) is 30.0. The molecule has 0 fully saturated rings. The van der Waals surface area contributed by atoms with Crippen LogP contribution < -0.4 is 16.0 Å². The van der Waals surface area contributed by atoms with E-state index in [4.69, 9.17) is 55.1 Å². The van der Waals surface area contributed by atoms with Crippen LogP contribution >= 0.6 is 0 Å². The van der Waals surface area contributed by atoms with Gasteiger partial charge in [-0.1, -0.05) is 30.3 Å². The van der Waals surface area contributed by atoms with Crippen LogP contribution in [0.4, 0.5) is 0 Å². The first-order valence-electron chi connectivity index (χ1n) is 20.2. The van der Waals surface area contributed by atoms with Crippen molar-refractivity contribution in [2.75, 3.05) is 13.1 Å². The molecule has 0 spiro atoms. The number of para-hydroxylation sites is 1. The maximum Gasteiger partial charge on any atom is 0.169 e. The van der Waals surface area contributed by atoms with Crippen LogP contribution in [0.25, 0.3) is 39.6 Å². The molecule has 3 unspecified atom stereocenters. The minimum absolute atomic E-state index is 0.466. The molecule has 0 bridgehead atoms. The standard InChI is InChI=1S/C46H41N15/c1-45(44-55-26-10-27-56-44)17-16-32(35(40-51-22-8-23-52-40)37(45)41-53-24-9-25-54-41)43-60-59-42(61(43)30-12-4-3-5-13-30)31-14-15-33(38-47-18-6-19-48-38)36(46(2)57-28-11-29-58-46)34(31)39-49-20-7-21-50-39/h3-9,11-16,18,20-26,28-29,41,53,57H,10,17,19,27H2,1-2H3,(H,47,48). The topological polar surface area (TPSA) is 180 Å². The molecule has 2 aromatic carbocycles. The van der Waals surface area contributed by atoms with Crippen LogP contribution in [-0.4, -0.2) is 84.3 Å². The maximum absolute atomic E-state index is 5.09. The molecule has 10 rings (SSSR count). The first-order valence-corrected chi connectivity index (χ1v) is 20.2. The summed E-state index contributed by atoms with van der Waals surface area (Å²) in [5, 5.41) is 20.7. The third kappa shape index (κ3) is 6.69. The van der Waals surface area contributed by atoms with Gasteiger partial charge in [-0.3, -0.25) is 19.5 Å². The lowest BCUT2D eigenvalue weighted by atomic mass is 9.68. The number of rotatable bonds is 9. The number of hydrogen-bond donors (Lipinski definition) is 3. The van der Waals surface area contributed by atoms with E-state index < -0.39 is 17.2 Å². The van der Waals surface area contributed by atoms with E-state index in [-0.39, 0.29) is 0 Å². The van der Waals surface area contributed by atoms with Gasteiger partial charge in [0, 0.05) is 114 Å². The second-order valence-electron chi connectivity index (χ2n) is 15.1. The largest absolute Gasteiger partial charge is 0.366 e. The molecule has 15 heteroatoms. The summed E-state index contributed by atoms with van der Waals surface area (Å²) in [6.07, 6.45) is 27.0. The fourth-order valence-corrected chi connectivity index (χ4v) is 8.50. The van der Waals surface area contributed by atoms with E-state index in [2.05, 4.69) is 51.7 Å². The molecule has 1 aliphatic carbocycles. The number of benzene rings is 2. The predicted molar refractivity (Wildman–Crippen MR) is 239 cm³/mol. The smallest absolute Gasteiger partial charge is 0.169 e. The van der Waals surface area contributed by atoms with Gasteiger partial charge in [0.1, 0.15) is 17.8 Å². The van der Waals surface area contributed by atoms with Gasteiger partial charge in [-0.2, -0.15) is 0 Å². The highest BCUT2D eigenvalue weighted by Gasteiger charge is 2.46. The Balaban J connectivity index is 1.27. The highest BCUT2D eigenvalue weighted by atomic mass is 15.3.